The highest BCUT2D eigenvalue weighted by Crippen LogP contribution is 2.22. The molecule has 1 N–H and O–H groups in total. The maximum Gasteiger partial charge on any atom is 0.261 e. The third kappa shape index (κ3) is 3.28. The van der Waals surface area contributed by atoms with Gasteiger partial charge in [0.15, 0.2) is 0 Å². The third-order valence-electron chi connectivity index (χ3n) is 3.42. The van der Waals surface area contributed by atoms with E-state index < -0.39 is 0 Å². The zero-order valence-corrected chi connectivity index (χ0v) is 13.3. The topological polar surface area (TPSA) is 62.3 Å². The molecule has 2 aromatic rings. The van der Waals surface area contributed by atoms with Crippen LogP contribution in [0.15, 0.2) is 30.6 Å². The molecule has 1 fully saturated rings. The molecule has 2 amide bonds. The summed E-state index contributed by atoms with van der Waals surface area (Å²) >= 11 is 7.06. The summed E-state index contributed by atoms with van der Waals surface area (Å²) in [7, 11) is 0. The molecular weight excluding hydrogens is 322 g/mol. The Morgan fingerprint density at radius 1 is 1.41 bits per heavy atom. The van der Waals surface area contributed by atoms with Crippen molar-refractivity contribution in [2.75, 3.05) is 11.4 Å². The maximum atomic E-state index is 12.0. The van der Waals surface area contributed by atoms with E-state index in [1.165, 1.54) is 11.3 Å². The first-order valence-electron chi connectivity index (χ1n) is 6.91. The van der Waals surface area contributed by atoms with Crippen molar-refractivity contribution in [3.05, 3.63) is 45.4 Å². The van der Waals surface area contributed by atoms with Gasteiger partial charge in [-0.3, -0.25) is 14.6 Å². The van der Waals surface area contributed by atoms with Crippen LogP contribution in [0.1, 0.15) is 28.1 Å². The monoisotopic (exact) mass is 335 g/mol. The summed E-state index contributed by atoms with van der Waals surface area (Å²) < 4.78 is 0.585. The van der Waals surface area contributed by atoms with Gasteiger partial charge < -0.3 is 10.2 Å². The van der Waals surface area contributed by atoms with Gasteiger partial charge in [0.1, 0.15) is 0 Å². The van der Waals surface area contributed by atoms with Crippen LogP contribution >= 0.6 is 22.9 Å². The van der Waals surface area contributed by atoms with Crippen molar-refractivity contribution in [3.63, 3.8) is 0 Å². The Kier molecular flexibility index (Phi) is 4.40. The van der Waals surface area contributed by atoms with Gasteiger partial charge in [0.25, 0.3) is 5.91 Å². The zero-order valence-electron chi connectivity index (χ0n) is 11.7. The van der Waals surface area contributed by atoms with Crippen molar-refractivity contribution >= 4 is 40.4 Å². The van der Waals surface area contributed by atoms with Crippen LogP contribution in [-0.4, -0.2) is 23.3 Å². The van der Waals surface area contributed by atoms with E-state index >= 15 is 0 Å². The van der Waals surface area contributed by atoms with Crippen LogP contribution in [0, 0.1) is 0 Å². The van der Waals surface area contributed by atoms with E-state index in [0.717, 1.165) is 24.2 Å². The minimum absolute atomic E-state index is 0.121. The molecule has 114 valence electrons. The van der Waals surface area contributed by atoms with Crippen molar-refractivity contribution in [1.29, 1.82) is 0 Å². The molecule has 0 aliphatic carbocycles. The number of nitrogens with zero attached hydrogens (tertiary/aromatic N) is 2. The summed E-state index contributed by atoms with van der Waals surface area (Å²) in [5, 5.41) is 2.83. The van der Waals surface area contributed by atoms with Gasteiger partial charge in [-0.1, -0.05) is 11.6 Å². The first-order valence-corrected chi connectivity index (χ1v) is 8.11. The fourth-order valence-corrected chi connectivity index (χ4v) is 3.30. The lowest BCUT2D eigenvalue weighted by molar-refractivity contribution is -0.117. The Bertz CT molecular complexity index is 716. The number of amides is 2. The van der Waals surface area contributed by atoms with Gasteiger partial charge in [0, 0.05) is 25.7 Å². The number of rotatable bonds is 4. The minimum atomic E-state index is -0.167. The molecule has 7 heteroatoms. The second-order valence-electron chi connectivity index (χ2n) is 4.99. The van der Waals surface area contributed by atoms with E-state index in [2.05, 4.69) is 10.3 Å². The predicted molar refractivity (Wildman–Crippen MR) is 86.3 cm³/mol. The van der Waals surface area contributed by atoms with Gasteiger partial charge >= 0.3 is 0 Å². The van der Waals surface area contributed by atoms with Crippen LogP contribution in [-0.2, 0) is 11.3 Å². The molecule has 0 saturated carbocycles. The number of aromatic nitrogens is 1. The number of carbonyl (C=O) groups excluding carboxylic acids is 2. The Labute approximate surface area is 136 Å². The van der Waals surface area contributed by atoms with Crippen molar-refractivity contribution in [3.8, 4) is 0 Å². The molecule has 5 nitrogen and oxygen atoms in total. The quantitative estimate of drug-likeness (QED) is 0.934. The third-order valence-corrected chi connectivity index (χ3v) is 4.65. The predicted octanol–water partition coefficient (Wildman–Crippen LogP) is 2.85. The Morgan fingerprint density at radius 3 is 2.95 bits per heavy atom. The van der Waals surface area contributed by atoms with Crippen LogP contribution in [0.4, 0.5) is 5.69 Å². The minimum Gasteiger partial charge on any atom is -0.347 e. The van der Waals surface area contributed by atoms with E-state index in [4.69, 9.17) is 11.6 Å². The van der Waals surface area contributed by atoms with E-state index in [0.29, 0.717) is 22.2 Å². The number of anilines is 1. The summed E-state index contributed by atoms with van der Waals surface area (Å²) in [6, 6.07) is 5.28. The van der Waals surface area contributed by atoms with Crippen molar-refractivity contribution in [1.82, 2.24) is 10.3 Å². The molecule has 1 saturated heterocycles. The van der Waals surface area contributed by atoms with E-state index in [1.54, 1.807) is 29.4 Å². The second-order valence-corrected chi connectivity index (χ2v) is 6.70. The lowest BCUT2D eigenvalue weighted by Gasteiger charge is -2.16. The SMILES string of the molecule is O=C(NCc1cncc(N2CCCC2=O)c1)c1ccc(Cl)s1. The standard InChI is InChI=1S/C15H14ClN3O2S/c16-13-4-3-12(22-13)15(21)18-8-10-6-11(9-17-7-10)19-5-1-2-14(19)20/h3-4,6-7,9H,1-2,5,8H2,(H,18,21). The van der Waals surface area contributed by atoms with Crippen LogP contribution in [0.25, 0.3) is 0 Å². The van der Waals surface area contributed by atoms with Gasteiger partial charge in [-0.2, -0.15) is 0 Å². The number of hydrogen-bond donors (Lipinski definition) is 1. The van der Waals surface area contributed by atoms with E-state index in [9.17, 15) is 9.59 Å². The van der Waals surface area contributed by atoms with Crippen LogP contribution in [0.2, 0.25) is 4.34 Å². The second kappa shape index (κ2) is 6.46. The van der Waals surface area contributed by atoms with Gasteiger partial charge in [0.2, 0.25) is 5.91 Å². The summed E-state index contributed by atoms with van der Waals surface area (Å²) in [6.45, 7) is 1.08. The number of hydrogen-bond acceptors (Lipinski definition) is 4. The lowest BCUT2D eigenvalue weighted by Crippen LogP contribution is -2.25. The van der Waals surface area contributed by atoms with Gasteiger partial charge in [0.05, 0.1) is 21.1 Å². The molecule has 1 aliphatic rings. The molecule has 0 unspecified atom stereocenters. The van der Waals surface area contributed by atoms with Crippen LogP contribution in [0.3, 0.4) is 0 Å². The number of thiophene rings is 1. The largest absolute Gasteiger partial charge is 0.347 e. The molecule has 0 bridgehead atoms. The molecule has 22 heavy (non-hydrogen) atoms. The molecule has 0 radical (unpaired) electrons. The Balaban J connectivity index is 1.65. The molecule has 3 rings (SSSR count). The number of halogens is 1. The molecule has 0 spiro atoms. The van der Waals surface area contributed by atoms with Crippen molar-refractivity contribution in [2.24, 2.45) is 0 Å². The number of nitrogens with one attached hydrogen (secondary N) is 1. The van der Waals surface area contributed by atoms with Gasteiger partial charge in [-0.05, 0) is 30.2 Å². The van der Waals surface area contributed by atoms with E-state index in [-0.39, 0.29) is 11.8 Å². The maximum absolute atomic E-state index is 12.0. The van der Waals surface area contributed by atoms with Crippen LogP contribution < -0.4 is 10.2 Å². The fourth-order valence-electron chi connectivity index (χ4n) is 2.35. The Hall–Kier alpha value is -1.92. The first kappa shape index (κ1) is 15.0. The van der Waals surface area contributed by atoms with Crippen molar-refractivity contribution < 1.29 is 9.59 Å². The summed E-state index contributed by atoms with van der Waals surface area (Å²) in [6.07, 6.45) is 4.82. The highest BCUT2D eigenvalue weighted by atomic mass is 35.5. The Morgan fingerprint density at radius 2 is 2.27 bits per heavy atom. The first-order chi connectivity index (χ1) is 10.6. The lowest BCUT2D eigenvalue weighted by atomic mass is 10.2. The molecule has 1 aliphatic heterocycles. The molecular formula is C15H14ClN3O2S. The smallest absolute Gasteiger partial charge is 0.261 e. The summed E-state index contributed by atoms with van der Waals surface area (Å²) in [5.74, 6) is -0.0456. The molecule has 0 atom stereocenters. The average Bonchev–Trinajstić information content (AvgIpc) is 3.13. The van der Waals surface area contributed by atoms with E-state index in [1.807, 2.05) is 6.07 Å². The molecule has 2 aromatic heterocycles. The number of carbonyl (C=O) groups is 2. The van der Waals surface area contributed by atoms with Crippen molar-refractivity contribution in [2.45, 2.75) is 19.4 Å². The normalized spacial score (nSPS) is 14.4. The molecule has 3 heterocycles. The van der Waals surface area contributed by atoms with Gasteiger partial charge in [-0.25, -0.2) is 0 Å². The van der Waals surface area contributed by atoms with Crippen LogP contribution in [0.5, 0.6) is 0 Å². The molecule has 0 aromatic carbocycles. The highest BCUT2D eigenvalue weighted by Gasteiger charge is 2.22. The zero-order chi connectivity index (χ0) is 15.5. The average molecular weight is 336 g/mol. The summed E-state index contributed by atoms with van der Waals surface area (Å²) in [5.41, 5.74) is 1.64. The fraction of sp³-hybridized carbons (Fsp3) is 0.267. The highest BCUT2D eigenvalue weighted by molar-refractivity contribution is 7.17. The number of pyridine rings is 1. The summed E-state index contributed by atoms with van der Waals surface area (Å²) in [4.78, 5) is 30.2. The van der Waals surface area contributed by atoms with Gasteiger partial charge in [-0.15, -0.1) is 11.3 Å².